The Hall–Kier alpha value is -3.15. The number of benzene rings is 1. The van der Waals surface area contributed by atoms with E-state index in [4.69, 9.17) is 9.47 Å². The van der Waals surface area contributed by atoms with Gasteiger partial charge < -0.3 is 14.8 Å². The summed E-state index contributed by atoms with van der Waals surface area (Å²) >= 11 is 0. The Balaban J connectivity index is 1.42. The molecule has 1 aromatic rings. The van der Waals surface area contributed by atoms with Crippen molar-refractivity contribution < 1.29 is 23.6 Å². The van der Waals surface area contributed by atoms with Gasteiger partial charge in [-0.2, -0.15) is 4.79 Å². The van der Waals surface area contributed by atoms with Crippen molar-refractivity contribution >= 4 is 18.3 Å². The molecule has 32 heavy (non-hydrogen) atoms. The second-order valence-corrected chi connectivity index (χ2v) is 9.31. The Kier molecular flexibility index (Phi) is 5.03. The molecule has 2 bridgehead atoms. The summed E-state index contributed by atoms with van der Waals surface area (Å²) < 4.78 is 13.6. The molecule has 5 unspecified atom stereocenters. The van der Waals surface area contributed by atoms with Crippen LogP contribution in [0.2, 0.25) is 0 Å². The number of nitrogens with zero attached hydrogens (tertiary/aromatic N) is 1. The molecule has 2 saturated carbocycles. The number of hydrogen-bond acceptors (Lipinski definition) is 5. The smallest absolute Gasteiger partial charge is 0.453 e. The van der Waals surface area contributed by atoms with E-state index in [9.17, 15) is 9.59 Å². The normalized spacial score (nSPS) is 31.7. The van der Waals surface area contributed by atoms with E-state index < -0.39 is 24.3 Å². The van der Waals surface area contributed by atoms with Gasteiger partial charge in [-0.05, 0) is 49.7 Å². The number of fused-ring (bicyclic) bond motifs is 7. The SMILES string of the molecule is C=C(C)N/C(=C\C)C(=O)O[C@H]1C2CC(C3Cc4ccccc4C32)C1OC(=O)[N+]1=CC=C1C. The molecular weight excluding hydrogens is 404 g/mol. The van der Waals surface area contributed by atoms with E-state index in [1.165, 1.54) is 15.7 Å². The third kappa shape index (κ3) is 3.20. The first-order valence-electron chi connectivity index (χ1n) is 11.3. The maximum absolute atomic E-state index is 13.0. The number of carbonyl (C=O) groups is 2. The number of amides is 1. The molecule has 4 aliphatic rings. The van der Waals surface area contributed by atoms with Crippen LogP contribution in [0.25, 0.3) is 0 Å². The van der Waals surface area contributed by atoms with Gasteiger partial charge in [-0.25, -0.2) is 4.79 Å². The van der Waals surface area contributed by atoms with E-state index in [0.29, 0.717) is 23.2 Å². The lowest BCUT2D eigenvalue weighted by Gasteiger charge is -2.36. The first kappa shape index (κ1) is 20.7. The summed E-state index contributed by atoms with van der Waals surface area (Å²) in [6.45, 7) is 9.25. The number of esters is 1. The number of nitrogens with one attached hydrogen (secondary N) is 1. The Bertz CT molecular complexity index is 1100. The molecule has 0 radical (unpaired) electrons. The highest BCUT2D eigenvalue weighted by atomic mass is 16.6. The van der Waals surface area contributed by atoms with E-state index >= 15 is 0 Å². The average molecular weight is 434 g/mol. The number of rotatable bonds is 5. The van der Waals surface area contributed by atoms with E-state index in [-0.39, 0.29) is 11.8 Å². The standard InChI is InChI=1S/C26H29N2O4/c1-5-21(27-14(2)3)25(29)31-24-20-13-19(23(24)32-26(30)28-11-10-15(28)4)18-12-16-8-6-7-9-17(16)22(18)20/h5-11,18-20,22-24,27H,2,12-13H2,1,3-4H3/q+1/b21-5-/t18?,19?,20?,22?,23?,24-/m0/s1. The van der Waals surface area contributed by atoms with Gasteiger partial charge in [0.2, 0.25) is 0 Å². The highest BCUT2D eigenvalue weighted by Gasteiger charge is 2.64. The topological polar surface area (TPSA) is 67.6 Å². The van der Waals surface area contributed by atoms with Crippen LogP contribution in [-0.4, -0.2) is 35.1 Å². The molecule has 0 saturated heterocycles. The zero-order valence-electron chi connectivity index (χ0n) is 18.7. The van der Waals surface area contributed by atoms with Crippen LogP contribution in [0, 0.1) is 17.8 Å². The van der Waals surface area contributed by atoms with Crippen LogP contribution in [0.3, 0.4) is 0 Å². The number of hydrogen-bond donors (Lipinski definition) is 1. The summed E-state index contributed by atoms with van der Waals surface area (Å²) in [5.41, 5.74) is 4.58. The lowest BCUT2D eigenvalue weighted by atomic mass is 9.76. The van der Waals surface area contributed by atoms with Crippen LogP contribution in [-0.2, 0) is 20.7 Å². The van der Waals surface area contributed by atoms with Gasteiger partial charge in [0.25, 0.3) is 0 Å². The summed E-state index contributed by atoms with van der Waals surface area (Å²) in [5.74, 6) is 0.618. The lowest BCUT2D eigenvalue weighted by molar-refractivity contribution is -0.404. The van der Waals surface area contributed by atoms with Crippen LogP contribution in [0.4, 0.5) is 4.79 Å². The Morgan fingerprint density at radius 3 is 2.56 bits per heavy atom. The maximum atomic E-state index is 13.0. The summed E-state index contributed by atoms with van der Waals surface area (Å²) in [5, 5.41) is 2.97. The number of ether oxygens (including phenoxy) is 2. The Labute approximate surface area is 188 Å². The maximum Gasteiger partial charge on any atom is 0.602 e. The van der Waals surface area contributed by atoms with Crippen molar-refractivity contribution in [3.05, 3.63) is 71.2 Å². The van der Waals surface area contributed by atoms with Crippen molar-refractivity contribution in [2.45, 2.75) is 51.7 Å². The van der Waals surface area contributed by atoms with Gasteiger partial charge in [0.05, 0.1) is 6.08 Å². The summed E-state index contributed by atoms with van der Waals surface area (Å²) in [6, 6.07) is 8.54. The van der Waals surface area contributed by atoms with Gasteiger partial charge in [0, 0.05) is 24.5 Å². The van der Waals surface area contributed by atoms with Gasteiger partial charge in [-0.3, -0.25) is 0 Å². The van der Waals surface area contributed by atoms with Crippen LogP contribution >= 0.6 is 0 Å². The van der Waals surface area contributed by atoms with Crippen LogP contribution in [0.5, 0.6) is 0 Å². The van der Waals surface area contributed by atoms with Gasteiger partial charge in [-0.15, -0.1) is 0 Å². The van der Waals surface area contributed by atoms with Crippen LogP contribution in [0.15, 0.2) is 60.1 Å². The molecule has 1 aromatic carbocycles. The van der Waals surface area contributed by atoms with Gasteiger partial charge in [0.15, 0.2) is 11.9 Å². The first-order valence-corrected chi connectivity index (χ1v) is 11.3. The molecule has 166 valence electrons. The third-order valence-corrected chi connectivity index (χ3v) is 7.43. The summed E-state index contributed by atoms with van der Waals surface area (Å²) in [4.78, 5) is 25.8. The number of carbonyl (C=O) groups excluding carboxylic acids is 2. The number of allylic oxidation sites excluding steroid dienone is 4. The average Bonchev–Trinajstić information content (AvgIpc) is 3.40. The van der Waals surface area contributed by atoms with Crippen molar-refractivity contribution in [3.8, 4) is 0 Å². The zero-order valence-corrected chi connectivity index (χ0v) is 18.7. The predicted molar refractivity (Wildman–Crippen MR) is 120 cm³/mol. The fourth-order valence-electron chi connectivity index (χ4n) is 6.10. The zero-order chi connectivity index (χ0) is 22.6. The van der Waals surface area contributed by atoms with Gasteiger partial charge in [-0.1, -0.05) is 41.5 Å². The van der Waals surface area contributed by atoms with Crippen LogP contribution < -0.4 is 5.32 Å². The summed E-state index contributed by atoms with van der Waals surface area (Å²) in [7, 11) is 0. The van der Waals surface area contributed by atoms with E-state index in [0.717, 1.165) is 18.5 Å². The molecule has 6 heteroatoms. The largest absolute Gasteiger partial charge is 0.602 e. The first-order chi connectivity index (χ1) is 15.4. The minimum absolute atomic E-state index is 0.135. The van der Waals surface area contributed by atoms with Crippen molar-refractivity contribution in [2.24, 2.45) is 17.8 Å². The monoisotopic (exact) mass is 433 g/mol. The molecule has 1 aliphatic heterocycles. The Morgan fingerprint density at radius 2 is 1.91 bits per heavy atom. The second kappa shape index (κ2) is 7.76. The highest BCUT2D eigenvalue weighted by molar-refractivity contribution is 5.88. The molecule has 1 N–H and O–H groups in total. The van der Waals surface area contributed by atoms with E-state index in [1.54, 1.807) is 26.1 Å². The van der Waals surface area contributed by atoms with Crippen molar-refractivity contribution in [1.82, 2.24) is 5.32 Å². The molecular formula is C26H29N2O4+. The fourth-order valence-corrected chi connectivity index (χ4v) is 6.10. The molecule has 0 aromatic heterocycles. The molecule has 6 atom stereocenters. The molecule has 0 spiro atoms. The molecule has 5 rings (SSSR count). The van der Waals surface area contributed by atoms with Crippen molar-refractivity contribution in [2.75, 3.05) is 0 Å². The second-order valence-electron chi connectivity index (χ2n) is 9.31. The lowest BCUT2D eigenvalue weighted by Crippen LogP contribution is -2.47. The molecule has 1 heterocycles. The Morgan fingerprint density at radius 1 is 1.16 bits per heavy atom. The van der Waals surface area contributed by atoms with Crippen molar-refractivity contribution in [3.63, 3.8) is 0 Å². The quantitative estimate of drug-likeness (QED) is 0.431. The highest BCUT2D eigenvalue weighted by Crippen LogP contribution is 2.62. The molecule has 2 fully saturated rings. The van der Waals surface area contributed by atoms with Gasteiger partial charge >= 0.3 is 12.1 Å². The molecule has 1 amide bonds. The third-order valence-electron chi connectivity index (χ3n) is 7.43. The van der Waals surface area contributed by atoms with Gasteiger partial charge in [0.1, 0.15) is 17.9 Å². The minimum atomic E-state index is -0.476. The molecule has 3 aliphatic carbocycles. The minimum Gasteiger partial charge on any atom is -0.453 e. The fraction of sp³-hybridized carbons (Fsp3) is 0.423. The molecule has 6 nitrogen and oxygen atoms in total. The van der Waals surface area contributed by atoms with E-state index in [2.05, 4.69) is 36.2 Å². The predicted octanol–water partition coefficient (Wildman–Crippen LogP) is 4.04. The van der Waals surface area contributed by atoms with Crippen LogP contribution in [0.1, 0.15) is 44.2 Å². The summed E-state index contributed by atoms with van der Waals surface area (Å²) in [6.07, 6.45) is 5.82. The van der Waals surface area contributed by atoms with Crippen molar-refractivity contribution in [1.29, 1.82) is 0 Å². The van der Waals surface area contributed by atoms with E-state index in [1.807, 2.05) is 13.0 Å².